The van der Waals surface area contributed by atoms with Crippen molar-refractivity contribution in [2.45, 2.75) is 38.3 Å². The van der Waals surface area contributed by atoms with Crippen molar-refractivity contribution in [3.8, 4) is 0 Å². The summed E-state index contributed by atoms with van der Waals surface area (Å²) in [6.07, 6.45) is 6.67. The lowest BCUT2D eigenvalue weighted by Gasteiger charge is -2.13. The second kappa shape index (κ2) is 6.52. The molecule has 110 valence electrons. The number of aromatic nitrogens is 2. The molecule has 3 rings (SSSR count). The molecule has 5 heteroatoms. The smallest absolute Gasteiger partial charge is 0.224 e. The number of hydrogen-bond donors (Lipinski definition) is 2. The minimum absolute atomic E-state index is 0.217. The van der Waals surface area contributed by atoms with Gasteiger partial charge in [0.05, 0.1) is 0 Å². The molecular formula is C16H19FN4. The van der Waals surface area contributed by atoms with Crippen molar-refractivity contribution in [1.82, 2.24) is 9.97 Å². The van der Waals surface area contributed by atoms with Gasteiger partial charge in [-0.15, -0.1) is 0 Å². The molecule has 0 amide bonds. The third-order valence-electron chi connectivity index (χ3n) is 3.76. The van der Waals surface area contributed by atoms with Crippen LogP contribution in [-0.2, 0) is 6.54 Å². The summed E-state index contributed by atoms with van der Waals surface area (Å²) in [4.78, 5) is 8.60. The highest BCUT2D eigenvalue weighted by atomic mass is 19.1. The Hall–Kier alpha value is -2.17. The minimum atomic E-state index is -0.217. The first kappa shape index (κ1) is 13.8. The standard InChI is InChI=1S/C16H19FN4/c17-14-8-4-1-5-12(14)11-19-16-18-10-9-15(21-16)20-13-6-2-3-7-13/h1,4-5,8-10,13H,2-3,6-7,11H2,(H2,18,19,20,21). The average Bonchev–Trinajstić information content (AvgIpc) is 3.00. The van der Waals surface area contributed by atoms with E-state index in [2.05, 4.69) is 20.6 Å². The Labute approximate surface area is 123 Å². The predicted octanol–water partition coefficient (Wildman–Crippen LogP) is 3.58. The molecule has 0 aliphatic heterocycles. The van der Waals surface area contributed by atoms with Crippen LogP contribution in [0.4, 0.5) is 16.2 Å². The summed E-state index contributed by atoms with van der Waals surface area (Å²) < 4.78 is 13.5. The van der Waals surface area contributed by atoms with Gasteiger partial charge in [-0.3, -0.25) is 0 Å². The third kappa shape index (κ3) is 3.68. The number of benzene rings is 1. The van der Waals surface area contributed by atoms with Crippen LogP contribution in [0.5, 0.6) is 0 Å². The molecule has 2 N–H and O–H groups in total. The molecule has 1 fully saturated rings. The summed E-state index contributed by atoms with van der Waals surface area (Å²) in [5.41, 5.74) is 0.607. The number of rotatable bonds is 5. The van der Waals surface area contributed by atoms with Crippen LogP contribution < -0.4 is 10.6 Å². The fourth-order valence-electron chi connectivity index (χ4n) is 2.62. The van der Waals surface area contributed by atoms with Gasteiger partial charge in [0.15, 0.2) is 0 Å². The molecule has 1 aromatic heterocycles. The Bertz CT molecular complexity index is 596. The van der Waals surface area contributed by atoms with Crippen LogP contribution in [0.15, 0.2) is 36.5 Å². The van der Waals surface area contributed by atoms with Crippen molar-refractivity contribution in [2.24, 2.45) is 0 Å². The van der Waals surface area contributed by atoms with E-state index in [4.69, 9.17) is 0 Å². The van der Waals surface area contributed by atoms with Crippen molar-refractivity contribution in [1.29, 1.82) is 0 Å². The molecule has 0 radical (unpaired) electrons. The van der Waals surface area contributed by atoms with Gasteiger partial charge in [0.2, 0.25) is 5.95 Å². The predicted molar refractivity (Wildman–Crippen MR) is 81.6 cm³/mol. The van der Waals surface area contributed by atoms with Crippen molar-refractivity contribution in [3.05, 3.63) is 47.9 Å². The molecule has 1 aromatic carbocycles. The Morgan fingerprint density at radius 3 is 2.76 bits per heavy atom. The molecule has 1 heterocycles. The molecule has 2 aromatic rings. The fourth-order valence-corrected chi connectivity index (χ4v) is 2.62. The fraction of sp³-hybridized carbons (Fsp3) is 0.375. The molecule has 1 aliphatic rings. The van der Waals surface area contributed by atoms with E-state index in [0.29, 0.717) is 24.1 Å². The van der Waals surface area contributed by atoms with Crippen LogP contribution in [0, 0.1) is 5.82 Å². The molecule has 1 saturated carbocycles. The normalized spacial score (nSPS) is 15.1. The SMILES string of the molecule is Fc1ccccc1CNc1nccc(NC2CCCC2)n1. The van der Waals surface area contributed by atoms with Gasteiger partial charge in [-0.25, -0.2) is 9.37 Å². The number of nitrogens with one attached hydrogen (secondary N) is 2. The number of hydrogen-bond acceptors (Lipinski definition) is 4. The lowest BCUT2D eigenvalue weighted by Crippen LogP contribution is -2.16. The van der Waals surface area contributed by atoms with Gasteiger partial charge in [0.25, 0.3) is 0 Å². The van der Waals surface area contributed by atoms with E-state index in [1.165, 1.54) is 31.7 Å². The highest BCUT2D eigenvalue weighted by Crippen LogP contribution is 2.21. The van der Waals surface area contributed by atoms with Crippen molar-refractivity contribution >= 4 is 11.8 Å². The zero-order valence-corrected chi connectivity index (χ0v) is 11.8. The van der Waals surface area contributed by atoms with Crippen LogP contribution in [-0.4, -0.2) is 16.0 Å². The monoisotopic (exact) mass is 286 g/mol. The maximum absolute atomic E-state index is 13.5. The maximum Gasteiger partial charge on any atom is 0.224 e. The third-order valence-corrected chi connectivity index (χ3v) is 3.76. The molecule has 0 atom stereocenters. The van der Waals surface area contributed by atoms with Crippen molar-refractivity contribution in [3.63, 3.8) is 0 Å². The average molecular weight is 286 g/mol. The summed E-state index contributed by atoms with van der Waals surface area (Å²) in [5.74, 6) is 1.12. The molecule has 4 nitrogen and oxygen atoms in total. The van der Waals surface area contributed by atoms with Crippen LogP contribution in [0.2, 0.25) is 0 Å². The first-order valence-electron chi connectivity index (χ1n) is 7.38. The van der Waals surface area contributed by atoms with Crippen molar-refractivity contribution in [2.75, 3.05) is 10.6 Å². The van der Waals surface area contributed by atoms with E-state index >= 15 is 0 Å². The maximum atomic E-state index is 13.5. The minimum Gasteiger partial charge on any atom is -0.367 e. The Balaban J connectivity index is 1.61. The van der Waals surface area contributed by atoms with Gasteiger partial charge in [0, 0.05) is 24.3 Å². The van der Waals surface area contributed by atoms with E-state index in [0.717, 1.165) is 5.82 Å². The number of anilines is 2. The molecule has 0 unspecified atom stereocenters. The molecule has 1 aliphatic carbocycles. The number of nitrogens with zero attached hydrogens (tertiary/aromatic N) is 2. The van der Waals surface area contributed by atoms with E-state index in [1.54, 1.807) is 18.3 Å². The largest absolute Gasteiger partial charge is 0.367 e. The Kier molecular flexibility index (Phi) is 4.28. The first-order chi connectivity index (χ1) is 10.3. The lowest BCUT2D eigenvalue weighted by atomic mass is 10.2. The lowest BCUT2D eigenvalue weighted by molar-refractivity contribution is 0.612. The van der Waals surface area contributed by atoms with Crippen LogP contribution in [0.25, 0.3) is 0 Å². The van der Waals surface area contributed by atoms with Gasteiger partial charge < -0.3 is 10.6 Å². The van der Waals surface area contributed by atoms with Crippen LogP contribution >= 0.6 is 0 Å². The highest BCUT2D eigenvalue weighted by molar-refractivity contribution is 5.41. The van der Waals surface area contributed by atoms with Crippen LogP contribution in [0.3, 0.4) is 0 Å². The number of halogens is 1. The van der Waals surface area contributed by atoms with Gasteiger partial charge >= 0.3 is 0 Å². The zero-order valence-electron chi connectivity index (χ0n) is 11.8. The molecular weight excluding hydrogens is 267 g/mol. The van der Waals surface area contributed by atoms with Crippen molar-refractivity contribution < 1.29 is 4.39 Å². The van der Waals surface area contributed by atoms with E-state index in [1.807, 2.05) is 12.1 Å². The molecule has 0 spiro atoms. The molecule has 21 heavy (non-hydrogen) atoms. The summed E-state index contributed by atoms with van der Waals surface area (Å²) in [7, 11) is 0. The second-order valence-corrected chi connectivity index (χ2v) is 5.34. The van der Waals surface area contributed by atoms with E-state index in [-0.39, 0.29) is 5.82 Å². The molecule has 0 bridgehead atoms. The summed E-state index contributed by atoms with van der Waals surface area (Å²) in [5, 5.41) is 6.49. The summed E-state index contributed by atoms with van der Waals surface area (Å²) in [6.45, 7) is 0.375. The quantitative estimate of drug-likeness (QED) is 0.882. The first-order valence-corrected chi connectivity index (χ1v) is 7.38. The van der Waals surface area contributed by atoms with Gasteiger partial charge in [-0.1, -0.05) is 31.0 Å². The van der Waals surface area contributed by atoms with E-state index < -0.39 is 0 Å². The highest BCUT2D eigenvalue weighted by Gasteiger charge is 2.15. The van der Waals surface area contributed by atoms with Crippen LogP contribution in [0.1, 0.15) is 31.2 Å². The topological polar surface area (TPSA) is 49.8 Å². The van der Waals surface area contributed by atoms with E-state index in [9.17, 15) is 4.39 Å². The van der Waals surface area contributed by atoms with Gasteiger partial charge in [0.1, 0.15) is 11.6 Å². The summed E-state index contributed by atoms with van der Waals surface area (Å²) in [6, 6.07) is 9.09. The Morgan fingerprint density at radius 1 is 1.14 bits per heavy atom. The molecule has 0 saturated heterocycles. The Morgan fingerprint density at radius 2 is 1.95 bits per heavy atom. The zero-order chi connectivity index (χ0) is 14.5. The summed E-state index contributed by atoms with van der Waals surface area (Å²) >= 11 is 0. The van der Waals surface area contributed by atoms with Gasteiger partial charge in [-0.05, 0) is 25.0 Å². The second-order valence-electron chi connectivity index (χ2n) is 5.34. The van der Waals surface area contributed by atoms with Gasteiger partial charge in [-0.2, -0.15) is 4.98 Å².